The normalized spacial score (nSPS) is 12.5. The zero-order valence-corrected chi connectivity index (χ0v) is 11.1. The van der Waals surface area contributed by atoms with Crippen molar-refractivity contribution in [2.75, 3.05) is 17.8 Å². The molecule has 0 amide bonds. The molecule has 0 aliphatic carbocycles. The number of para-hydroxylation sites is 1. The summed E-state index contributed by atoms with van der Waals surface area (Å²) < 4.78 is 22.8. The maximum Gasteiger partial charge on any atom is 0.188 e. The summed E-state index contributed by atoms with van der Waals surface area (Å²) in [7, 11) is -3.51. The van der Waals surface area contributed by atoms with E-state index in [2.05, 4.69) is 5.32 Å². The highest BCUT2D eigenvalue weighted by Gasteiger charge is 2.17. The van der Waals surface area contributed by atoms with E-state index in [9.17, 15) is 8.42 Å². The molecule has 0 aliphatic rings. The summed E-state index contributed by atoms with van der Waals surface area (Å²) in [5, 5.41) is 12.2. The molecule has 17 heavy (non-hydrogen) atoms. The first-order valence-corrected chi connectivity index (χ1v) is 7.81. The Balaban J connectivity index is 3.16. The van der Waals surface area contributed by atoms with E-state index in [1.165, 1.54) is 11.8 Å². The smallest absolute Gasteiger partial charge is 0.188 e. The van der Waals surface area contributed by atoms with Gasteiger partial charge in [-0.2, -0.15) is 5.26 Å². The average Bonchev–Trinajstić information content (AvgIpc) is 2.28. The third kappa shape index (κ3) is 3.80. The molecule has 0 saturated heterocycles. The van der Waals surface area contributed by atoms with Crippen LogP contribution in [-0.2, 0) is 9.84 Å². The van der Waals surface area contributed by atoms with E-state index in [1.807, 2.05) is 18.2 Å². The van der Waals surface area contributed by atoms with Crippen LogP contribution in [0.4, 0.5) is 5.69 Å². The minimum atomic E-state index is -3.51. The molecule has 0 saturated carbocycles. The molecule has 0 bridgehead atoms. The molecule has 1 N–H and O–H groups in total. The second-order valence-electron chi connectivity index (χ2n) is 3.24. The van der Waals surface area contributed by atoms with Crippen molar-refractivity contribution in [1.82, 2.24) is 0 Å². The molecule has 1 rings (SSSR count). The number of nitriles is 1. The molecule has 0 atom stereocenters. The van der Waals surface area contributed by atoms with Crippen molar-refractivity contribution in [3.63, 3.8) is 0 Å². The Labute approximate surface area is 105 Å². The highest BCUT2D eigenvalue weighted by Crippen LogP contribution is 2.22. The molecule has 0 radical (unpaired) electrons. The number of nitrogens with one attached hydrogen (secondary N) is 1. The summed E-state index contributed by atoms with van der Waals surface area (Å²) >= 11 is 1.19. The fourth-order valence-electron chi connectivity index (χ4n) is 1.16. The second-order valence-corrected chi connectivity index (χ2v) is 6.01. The van der Waals surface area contributed by atoms with E-state index in [0.717, 1.165) is 11.9 Å². The van der Waals surface area contributed by atoms with E-state index in [4.69, 9.17) is 5.26 Å². The maximum absolute atomic E-state index is 11.4. The lowest BCUT2D eigenvalue weighted by Gasteiger charge is -2.09. The van der Waals surface area contributed by atoms with Gasteiger partial charge in [-0.15, -0.1) is 11.8 Å². The molecule has 0 aliphatic heterocycles. The standard InChI is InChI=1S/C11H12N2O2S2/c1-16-11(10(8-12)17(2,14)15)13-9-6-4-3-5-7-9/h3-7,13H,1-2H3/b11-10-. The van der Waals surface area contributed by atoms with Crippen molar-refractivity contribution in [3.8, 4) is 6.07 Å². The molecular formula is C11H12N2O2S2. The lowest BCUT2D eigenvalue weighted by molar-refractivity contribution is 0.608. The Kier molecular flexibility index (Phi) is 4.61. The number of allylic oxidation sites excluding steroid dienone is 1. The number of benzene rings is 1. The summed E-state index contributed by atoms with van der Waals surface area (Å²) in [6.07, 6.45) is 2.74. The summed E-state index contributed by atoms with van der Waals surface area (Å²) in [5.74, 6) is 0. The van der Waals surface area contributed by atoms with Crippen molar-refractivity contribution in [1.29, 1.82) is 5.26 Å². The van der Waals surface area contributed by atoms with Gasteiger partial charge in [0.1, 0.15) is 11.1 Å². The predicted molar refractivity (Wildman–Crippen MR) is 71.1 cm³/mol. The van der Waals surface area contributed by atoms with Crippen LogP contribution >= 0.6 is 11.8 Å². The zero-order chi connectivity index (χ0) is 12.9. The van der Waals surface area contributed by atoms with Gasteiger partial charge in [-0.05, 0) is 18.4 Å². The molecule has 6 heteroatoms. The molecule has 1 aromatic rings. The zero-order valence-electron chi connectivity index (χ0n) is 9.47. The summed E-state index contributed by atoms with van der Waals surface area (Å²) in [6.45, 7) is 0. The van der Waals surface area contributed by atoms with Gasteiger partial charge in [0.25, 0.3) is 0 Å². The molecule has 1 aromatic carbocycles. The van der Waals surface area contributed by atoms with Gasteiger partial charge in [-0.25, -0.2) is 8.42 Å². The van der Waals surface area contributed by atoms with Gasteiger partial charge in [0.15, 0.2) is 14.7 Å². The van der Waals surface area contributed by atoms with Crippen molar-refractivity contribution >= 4 is 27.3 Å². The number of hydrogen-bond acceptors (Lipinski definition) is 5. The molecule has 0 spiro atoms. The van der Waals surface area contributed by atoms with Crippen LogP contribution in [0.25, 0.3) is 0 Å². The van der Waals surface area contributed by atoms with E-state index in [0.29, 0.717) is 5.03 Å². The number of nitrogens with zero attached hydrogens (tertiary/aromatic N) is 1. The SMILES string of the molecule is CS/C(Nc1ccccc1)=C(/C#N)S(C)(=O)=O. The molecule has 0 aromatic heterocycles. The van der Waals surface area contributed by atoms with Crippen LogP contribution in [0.5, 0.6) is 0 Å². The maximum atomic E-state index is 11.4. The van der Waals surface area contributed by atoms with Gasteiger partial charge in [0, 0.05) is 11.9 Å². The van der Waals surface area contributed by atoms with Gasteiger partial charge < -0.3 is 5.32 Å². The molecule has 0 fully saturated rings. The number of sulfone groups is 1. The Morgan fingerprint density at radius 1 is 1.35 bits per heavy atom. The highest BCUT2D eigenvalue weighted by molar-refractivity contribution is 8.04. The minimum Gasteiger partial charge on any atom is -0.349 e. The van der Waals surface area contributed by atoms with Crippen LogP contribution in [0, 0.1) is 11.3 Å². The van der Waals surface area contributed by atoms with Crippen molar-refractivity contribution < 1.29 is 8.42 Å². The number of hydrogen-bond donors (Lipinski definition) is 1. The lowest BCUT2D eigenvalue weighted by atomic mass is 10.3. The minimum absolute atomic E-state index is 0.242. The lowest BCUT2D eigenvalue weighted by Crippen LogP contribution is -2.07. The van der Waals surface area contributed by atoms with Crippen LogP contribution in [0.1, 0.15) is 0 Å². The van der Waals surface area contributed by atoms with E-state index < -0.39 is 9.84 Å². The van der Waals surface area contributed by atoms with E-state index in [1.54, 1.807) is 24.5 Å². The van der Waals surface area contributed by atoms with E-state index in [-0.39, 0.29) is 4.91 Å². The Bertz CT molecular complexity index is 557. The van der Waals surface area contributed by atoms with Crippen LogP contribution in [0.15, 0.2) is 40.3 Å². The second kappa shape index (κ2) is 5.75. The quantitative estimate of drug-likeness (QED) is 0.848. The molecule has 0 heterocycles. The third-order valence-electron chi connectivity index (χ3n) is 1.91. The molecular weight excluding hydrogens is 256 g/mol. The Morgan fingerprint density at radius 2 is 1.94 bits per heavy atom. The van der Waals surface area contributed by atoms with Crippen LogP contribution in [0.2, 0.25) is 0 Å². The van der Waals surface area contributed by atoms with Crippen LogP contribution in [0.3, 0.4) is 0 Å². The Morgan fingerprint density at radius 3 is 2.35 bits per heavy atom. The van der Waals surface area contributed by atoms with Gasteiger partial charge in [-0.3, -0.25) is 0 Å². The number of thioether (sulfide) groups is 1. The van der Waals surface area contributed by atoms with Gasteiger partial charge in [0.05, 0.1) is 0 Å². The summed E-state index contributed by atoms with van der Waals surface area (Å²) in [6, 6.07) is 10.8. The first-order chi connectivity index (χ1) is 7.99. The van der Waals surface area contributed by atoms with Crippen molar-refractivity contribution in [3.05, 3.63) is 40.3 Å². The fraction of sp³-hybridized carbons (Fsp3) is 0.182. The van der Waals surface area contributed by atoms with Gasteiger partial charge in [0.2, 0.25) is 0 Å². The largest absolute Gasteiger partial charge is 0.349 e. The molecule has 0 unspecified atom stereocenters. The third-order valence-corrected chi connectivity index (χ3v) is 3.79. The summed E-state index contributed by atoms with van der Waals surface area (Å²) in [5.41, 5.74) is 0.744. The number of anilines is 1. The van der Waals surface area contributed by atoms with Crippen LogP contribution in [-0.4, -0.2) is 20.9 Å². The predicted octanol–water partition coefficient (Wildman–Crippen LogP) is 2.20. The van der Waals surface area contributed by atoms with Crippen molar-refractivity contribution in [2.24, 2.45) is 0 Å². The highest BCUT2D eigenvalue weighted by atomic mass is 32.2. The Hall–Kier alpha value is -1.45. The number of rotatable bonds is 4. The molecule has 90 valence electrons. The topological polar surface area (TPSA) is 70.0 Å². The summed E-state index contributed by atoms with van der Waals surface area (Å²) in [4.78, 5) is -0.242. The molecule has 4 nitrogen and oxygen atoms in total. The van der Waals surface area contributed by atoms with E-state index >= 15 is 0 Å². The van der Waals surface area contributed by atoms with Crippen molar-refractivity contribution in [2.45, 2.75) is 0 Å². The fourth-order valence-corrected chi connectivity index (χ4v) is 2.86. The van der Waals surface area contributed by atoms with Gasteiger partial charge in [-0.1, -0.05) is 18.2 Å². The first-order valence-electron chi connectivity index (χ1n) is 4.69. The average molecular weight is 268 g/mol. The monoisotopic (exact) mass is 268 g/mol. The first kappa shape index (κ1) is 13.6. The van der Waals surface area contributed by atoms with Crippen LogP contribution < -0.4 is 5.32 Å². The van der Waals surface area contributed by atoms with Gasteiger partial charge >= 0.3 is 0 Å².